The summed E-state index contributed by atoms with van der Waals surface area (Å²) in [5.74, 6) is 2.81. The van der Waals surface area contributed by atoms with Crippen molar-refractivity contribution in [1.29, 1.82) is 0 Å². The molecule has 0 bridgehead atoms. The summed E-state index contributed by atoms with van der Waals surface area (Å²) in [4.78, 5) is 14.9. The summed E-state index contributed by atoms with van der Waals surface area (Å²) in [5.41, 5.74) is -0.138. The van der Waals surface area contributed by atoms with Gasteiger partial charge >= 0.3 is 0 Å². The van der Waals surface area contributed by atoms with Crippen LogP contribution in [-0.4, -0.2) is 29.1 Å². The molecule has 0 aromatic heterocycles. The van der Waals surface area contributed by atoms with E-state index in [4.69, 9.17) is 0 Å². The number of nitrogens with one attached hydrogen (secondary N) is 1. The third kappa shape index (κ3) is 3.28. The molecule has 1 spiro atoms. The first kappa shape index (κ1) is 15.3. The highest BCUT2D eigenvalue weighted by Gasteiger charge is 2.58. The molecule has 3 rings (SSSR count). The van der Waals surface area contributed by atoms with E-state index < -0.39 is 0 Å². The van der Waals surface area contributed by atoms with Crippen LogP contribution in [0, 0.1) is 17.8 Å². The Kier molecular flexibility index (Phi) is 4.31. The van der Waals surface area contributed by atoms with Gasteiger partial charge in [0.15, 0.2) is 0 Å². The molecule has 3 nitrogen and oxygen atoms in total. The minimum absolute atomic E-state index is 0.138. The van der Waals surface area contributed by atoms with Gasteiger partial charge in [-0.3, -0.25) is 10.1 Å². The van der Waals surface area contributed by atoms with E-state index in [9.17, 15) is 4.79 Å². The topological polar surface area (TPSA) is 32.3 Å². The largest absolute Gasteiger partial charge is 0.326 e. The molecule has 0 aromatic rings. The molecule has 1 amide bonds. The Hall–Kier alpha value is -0.570. The van der Waals surface area contributed by atoms with Crippen molar-refractivity contribution in [3.8, 4) is 0 Å². The summed E-state index contributed by atoms with van der Waals surface area (Å²) in [5, 5.41) is 3.64. The first-order chi connectivity index (χ1) is 10.00. The maximum absolute atomic E-state index is 12.7. The number of rotatable bonds is 5. The lowest BCUT2D eigenvalue weighted by Crippen LogP contribution is -2.39. The van der Waals surface area contributed by atoms with Gasteiger partial charge in [-0.1, -0.05) is 46.5 Å². The van der Waals surface area contributed by atoms with E-state index in [-0.39, 0.29) is 5.54 Å². The van der Waals surface area contributed by atoms with Gasteiger partial charge in [0, 0.05) is 6.54 Å². The van der Waals surface area contributed by atoms with Crippen molar-refractivity contribution < 1.29 is 4.79 Å². The average molecular weight is 292 g/mol. The predicted octanol–water partition coefficient (Wildman–Crippen LogP) is 3.54. The fraction of sp³-hybridized carbons (Fsp3) is 0.944. The predicted molar refractivity (Wildman–Crippen MR) is 85.8 cm³/mol. The van der Waals surface area contributed by atoms with Crippen LogP contribution in [0.3, 0.4) is 0 Å². The first-order valence-electron chi connectivity index (χ1n) is 9.09. The molecule has 1 aliphatic heterocycles. The summed E-state index contributed by atoms with van der Waals surface area (Å²) in [6.45, 7) is 7.86. The van der Waals surface area contributed by atoms with Crippen molar-refractivity contribution in [2.75, 3.05) is 6.54 Å². The van der Waals surface area contributed by atoms with Crippen LogP contribution in [0.25, 0.3) is 0 Å². The van der Waals surface area contributed by atoms with Crippen LogP contribution in [0.2, 0.25) is 0 Å². The van der Waals surface area contributed by atoms with E-state index in [1.807, 2.05) is 0 Å². The SMILES string of the molecule is CC(C)CC1NC2(CC2)C(=O)N1CCC1CCC(C)CC1. The van der Waals surface area contributed by atoms with Crippen LogP contribution in [0.5, 0.6) is 0 Å². The van der Waals surface area contributed by atoms with Crippen molar-refractivity contribution in [2.24, 2.45) is 17.8 Å². The Bertz CT molecular complexity index is 381. The number of hydrogen-bond acceptors (Lipinski definition) is 2. The quantitative estimate of drug-likeness (QED) is 0.840. The van der Waals surface area contributed by atoms with Crippen molar-refractivity contribution in [2.45, 2.75) is 83.8 Å². The molecule has 3 heteroatoms. The molecular formula is C18H32N2O. The van der Waals surface area contributed by atoms with Gasteiger partial charge in [0.1, 0.15) is 0 Å². The minimum atomic E-state index is -0.138. The van der Waals surface area contributed by atoms with Gasteiger partial charge in [-0.05, 0) is 43.4 Å². The fourth-order valence-electron chi connectivity index (χ4n) is 4.19. The summed E-state index contributed by atoms with van der Waals surface area (Å²) in [6, 6.07) is 0. The normalized spacial score (nSPS) is 35.0. The van der Waals surface area contributed by atoms with Crippen molar-refractivity contribution in [3.63, 3.8) is 0 Å². The van der Waals surface area contributed by atoms with Crippen LogP contribution in [0.4, 0.5) is 0 Å². The van der Waals surface area contributed by atoms with E-state index in [0.717, 1.165) is 37.6 Å². The Morgan fingerprint density at radius 1 is 1.24 bits per heavy atom. The van der Waals surface area contributed by atoms with Gasteiger partial charge in [-0.25, -0.2) is 0 Å². The molecule has 1 saturated heterocycles. The molecule has 3 aliphatic rings. The van der Waals surface area contributed by atoms with E-state index in [2.05, 4.69) is 31.0 Å². The molecule has 1 atom stereocenters. The van der Waals surface area contributed by atoms with Crippen molar-refractivity contribution >= 4 is 5.91 Å². The number of carbonyl (C=O) groups is 1. The third-order valence-electron chi connectivity index (χ3n) is 5.85. The Morgan fingerprint density at radius 2 is 1.90 bits per heavy atom. The number of amides is 1. The van der Waals surface area contributed by atoms with E-state index >= 15 is 0 Å². The van der Waals surface area contributed by atoms with E-state index in [0.29, 0.717) is 18.0 Å². The molecule has 21 heavy (non-hydrogen) atoms. The summed E-state index contributed by atoms with van der Waals surface area (Å²) >= 11 is 0. The van der Waals surface area contributed by atoms with Crippen LogP contribution in [0.15, 0.2) is 0 Å². The smallest absolute Gasteiger partial charge is 0.244 e. The average Bonchev–Trinajstić information content (AvgIpc) is 3.16. The van der Waals surface area contributed by atoms with Gasteiger partial charge in [0.25, 0.3) is 0 Å². The van der Waals surface area contributed by atoms with Gasteiger partial charge in [0.2, 0.25) is 5.91 Å². The standard InChI is InChI=1S/C18H32N2O/c1-13(2)12-16-19-18(9-10-18)17(21)20(16)11-8-15-6-4-14(3)5-7-15/h13-16,19H,4-12H2,1-3H3. The molecule has 3 fully saturated rings. The fourth-order valence-corrected chi connectivity index (χ4v) is 4.19. The lowest BCUT2D eigenvalue weighted by molar-refractivity contribution is -0.131. The second-order valence-corrected chi connectivity index (χ2v) is 8.28. The van der Waals surface area contributed by atoms with E-state index in [1.54, 1.807) is 0 Å². The van der Waals surface area contributed by atoms with Crippen LogP contribution in [-0.2, 0) is 4.79 Å². The summed E-state index contributed by atoms with van der Waals surface area (Å²) in [7, 11) is 0. The van der Waals surface area contributed by atoms with Crippen molar-refractivity contribution in [1.82, 2.24) is 10.2 Å². The zero-order valence-electron chi connectivity index (χ0n) is 14.0. The van der Waals surface area contributed by atoms with Crippen LogP contribution < -0.4 is 5.32 Å². The van der Waals surface area contributed by atoms with Crippen molar-refractivity contribution in [3.05, 3.63) is 0 Å². The minimum Gasteiger partial charge on any atom is -0.326 e. The molecule has 120 valence electrons. The summed E-state index contributed by atoms with van der Waals surface area (Å²) in [6.07, 6.45) is 10.2. The molecule has 1 heterocycles. The Balaban J connectivity index is 1.55. The maximum Gasteiger partial charge on any atom is 0.244 e. The lowest BCUT2D eigenvalue weighted by atomic mass is 9.81. The van der Waals surface area contributed by atoms with Gasteiger partial charge < -0.3 is 4.90 Å². The van der Waals surface area contributed by atoms with Gasteiger partial charge in [-0.15, -0.1) is 0 Å². The zero-order chi connectivity index (χ0) is 15.0. The maximum atomic E-state index is 12.7. The summed E-state index contributed by atoms with van der Waals surface area (Å²) < 4.78 is 0. The third-order valence-corrected chi connectivity index (χ3v) is 5.85. The second kappa shape index (κ2) is 5.91. The monoisotopic (exact) mass is 292 g/mol. The molecular weight excluding hydrogens is 260 g/mol. The molecule has 1 N–H and O–H groups in total. The second-order valence-electron chi connectivity index (χ2n) is 8.28. The van der Waals surface area contributed by atoms with Crippen LogP contribution >= 0.6 is 0 Å². The molecule has 0 aromatic carbocycles. The molecule has 2 saturated carbocycles. The van der Waals surface area contributed by atoms with Crippen LogP contribution in [0.1, 0.15) is 72.1 Å². The Morgan fingerprint density at radius 3 is 2.48 bits per heavy atom. The number of nitrogens with zero attached hydrogens (tertiary/aromatic N) is 1. The van der Waals surface area contributed by atoms with E-state index in [1.165, 1.54) is 32.1 Å². The molecule has 0 radical (unpaired) electrons. The highest BCUT2D eigenvalue weighted by atomic mass is 16.2. The molecule has 1 unspecified atom stereocenters. The van der Waals surface area contributed by atoms with Gasteiger partial charge in [0.05, 0.1) is 11.7 Å². The number of hydrogen-bond donors (Lipinski definition) is 1. The lowest BCUT2D eigenvalue weighted by Gasteiger charge is -2.30. The first-order valence-corrected chi connectivity index (χ1v) is 9.09. The molecule has 2 aliphatic carbocycles. The highest BCUT2D eigenvalue weighted by Crippen LogP contribution is 2.43. The zero-order valence-corrected chi connectivity index (χ0v) is 14.0. The number of carbonyl (C=O) groups excluding carboxylic acids is 1. The Labute approximate surface area is 129 Å². The van der Waals surface area contributed by atoms with Gasteiger partial charge in [-0.2, -0.15) is 0 Å². The highest BCUT2D eigenvalue weighted by molar-refractivity contribution is 5.91.